The fraction of sp³-hybridized carbons (Fsp3) is 0.730. The van der Waals surface area contributed by atoms with Crippen LogP contribution in [-0.4, -0.2) is 176 Å². The maximum absolute atomic E-state index is 12.0. The van der Waals surface area contributed by atoms with Crippen molar-refractivity contribution in [2.45, 2.75) is 392 Å². The normalized spacial score (nSPS) is 12.2. The molecule has 0 bridgehead atoms. The van der Waals surface area contributed by atoms with Gasteiger partial charge in [0.25, 0.3) is 5.91 Å². The summed E-state index contributed by atoms with van der Waals surface area (Å²) in [6, 6.07) is 0. The van der Waals surface area contributed by atoms with Gasteiger partial charge in [-0.15, -0.1) is 34.8 Å². The Morgan fingerprint density at radius 1 is 0.365 bits per heavy atom. The van der Waals surface area contributed by atoms with Gasteiger partial charge in [-0.2, -0.15) is 13.2 Å². The van der Waals surface area contributed by atoms with Crippen LogP contribution < -0.4 is 26.6 Å². The van der Waals surface area contributed by atoms with Gasteiger partial charge < -0.3 is 41.1 Å². The molecule has 0 aliphatic rings. The molecule has 0 aliphatic carbocycles. The summed E-state index contributed by atoms with van der Waals surface area (Å²) in [5.74, 6) is -0.756. The number of carbonyl (C=O) groups excluding carboxylic acids is 12. The highest BCUT2D eigenvalue weighted by molar-refractivity contribution is 6.31. The van der Waals surface area contributed by atoms with Crippen LogP contribution in [0.2, 0.25) is 0 Å². The van der Waals surface area contributed by atoms with Crippen molar-refractivity contribution in [1.82, 2.24) is 36.4 Å². The number of likely N-dealkylation sites (N-methyl/N-ethyl adjacent to an activating group) is 2. The molecular formula is C111H205Cl3F3N7O13. The van der Waals surface area contributed by atoms with Gasteiger partial charge in [0.05, 0.1) is 6.61 Å². The topological polar surface area (TPSA) is 281 Å². The molecule has 804 valence electrons. The maximum atomic E-state index is 12.0. The van der Waals surface area contributed by atoms with Crippen molar-refractivity contribution in [3.63, 3.8) is 0 Å². The van der Waals surface area contributed by atoms with Gasteiger partial charge in [0.2, 0.25) is 29.5 Å². The molecule has 6 amide bonds. The number of nitrogens with zero attached hydrogens (tertiary/aromatic N) is 2. The third kappa shape index (κ3) is 155. The average Bonchev–Trinajstić information content (AvgIpc) is 0.870. The number of carbonyl (C=O) groups is 12. The lowest BCUT2D eigenvalue weighted by Gasteiger charge is -2.25. The van der Waals surface area contributed by atoms with Gasteiger partial charge in [0.1, 0.15) is 21.7 Å². The highest BCUT2D eigenvalue weighted by atomic mass is 35.5. The van der Waals surface area contributed by atoms with E-state index in [-0.39, 0.29) is 136 Å². The summed E-state index contributed by atoms with van der Waals surface area (Å²) in [7, 11) is 5.77. The van der Waals surface area contributed by atoms with Gasteiger partial charge in [-0.05, 0) is 204 Å². The summed E-state index contributed by atoms with van der Waals surface area (Å²) < 4.78 is 40.7. The number of hydrogen-bond donors (Lipinski definition) is 5. The monoisotopic (exact) mass is 2010 g/mol. The third-order valence-corrected chi connectivity index (χ3v) is 16.1. The number of nitrogens with one attached hydrogen (secondary N) is 5. The third-order valence-electron chi connectivity index (χ3n) is 15.5. The molecule has 0 heterocycles. The quantitative estimate of drug-likeness (QED) is 0.0254. The van der Waals surface area contributed by atoms with E-state index in [2.05, 4.69) is 267 Å². The van der Waals surface area contributed by atoms with Crippen molar-refractivity contribution < 1.29 is 75.4 Å². The number of esters is 1. The molecule has 0 saturated heterocycles. The van der Waals surface area contributed by atoms with E-state index in [1.807, 2.05) is 101 Å². The molecule has 0 aliphatic heterocycles. The van der Waals surface area contributed by atoms with Crippen LogP contribution in [0.25, 0.3) is 0 Å². The highest BCUT2D eigenvalue weighted by Gasteiger charge is 2.37. The van der Waals surface area contributed by atoms with Crippen LogP contribution in [0.5, 0.6) is 0 Å². The van der Waals surface area contributed by atoms with E-state index < -0.39 is 33.8 Å². The first-order valence-electron chi connectivity index (χ1n) is 47.4. The summed E-state index contributed by atoms with van der Waals surface area (Å²) in [5, 5.41) is 11.9. The standard InChI is InChI=1S/C12H23NO.C11H20O.2C10H18O.C9H14F3NO.2C9H17NO.C9H16O.3C8H16ClNO.C8H14O2/c1-12(2,3)9-8-11(14)7-6-10-13(4)5;1-9(2)8-10(12)6-7-11(3,4)5;1-8(2)6-9(11)7-10(3,4)5;1-5-6-9(11)7-8-10(2,3)4;1-6(9(10,11)12)7(14)13-5-8(2,3)4;1-7(2)8(11)10-6-9(3,4)5;1-6-8(11)10(5)7-9(2,3)4;1-5-8(10)6-7-9(2,3)4;3*1-6(9)7(11)10-5-8(2,3)4;1-5-7(9)10-6-8(2,3)4/h6-7H,8-10H2,1-5H3;8H,6-7H2,1-5H3;6H,7H2,1-5H3;5-6H,7-8H2,1-4H3;1,5H2,2-4H3,(H,13,14);1,6H2,2-5H3,(H,10,11);6H,1,7H2,2-5H3;5H,1,6-7H2,2-4H3;3*6H,5H2,1-4H3,(H,10,11);5H,1,6H2,2-4H3/b7-6+;;;6-5+;;;;;;;;/t;;;;;;;;2*6-;;/m........10../s1. The molecule has 0 rings (SSSR count). The summed E-state index contributed by atoms with van der Waals surface area (Å²) in [6.07, 6.45) is 16.9. The minimum absolute atomic E-state index is 0.0140. The molecule has 5 N–H and O–H groups in total. The Labute approximate surface area is 851 Å². The van der Waals surface area contributed by atoms with Gasteiger partial charge in [-0.25, -0.2) is 4.79 Å². The molecule has 0 aromatic heterocycles. The Bertz CT molecular complexity index is 3500. The summed E-state index contributed by atoms with van der Waals surface area (Å²) in [6.45, 7) is 112. The first-order chi connectivity index (χ1) is 60.5. The molecule has 0 saturated carbocycles. The zero-order valence-corrected chi connectivity index (χ0v) is 98.2. The van der Waals surface area contributed by atoms with Gasteiger partial charge >= 0.3 is 12.1 Å². The number of halogens is 6. The number of ketones is 5. The lowest BCUT2D eigenvalue weighted by atomic mass is 9.89. The molecule has 137 heavy (non-hydrogen) atoms. The number of ether oxygens (including phenoxy) is 1. The Morgan fingerprint density at radius 2 is 0.650 bits per heavy atom. The summed E-state index contributed by atoms with van der Waals surface area (Å²) in [5.41, 5.74) is 3.03. The van der Waals surface area contributed by atoms with E-state index in [0.29, 0.717) is 70.5 Å². The van der Waals surface area contributed by atoms with Crippen LogP contribution in [0, 0.1) is 65.0 Å². The summed E-state index contributed by atoms with van der Waals surface area (Å²) in [4.78, 5) is 135. The van der Waals surface area contributed by atoms with Gasteiger partial charge in [0, 0.05) is 96.6 Å². The summed E-state index contributed by atoms with van der Waals surface area (Å²) >= 11 is 16.6. The van der Waals surface area contributed by atoms with E-state index in [4.69, 9.17) is 39.5 Å². The predicted octanol–water partition coefficient (Wildman–Crippen LogP) is 27.1. The van der Waals surface area contributed by atoms with Crippen molar-refractivity contribution >= 4 is 105 Å². The molecule has 0 radical (unpaired) electrons. The predicted molar refractivity (Wildman–Crippen MR) is 582 cm³/mol. The molecular weight excluding hydrogens is 1800 g/mol. The minimum Gasteiger partial charge on any atom is -0.462 e. The zero-order valence-electron chi connectivity index (χ0n) is 96.0. The number of amides is 6. The van der Waals surface area contributed by atoms with E-state index >= 15 is 0 Å². The zero-order chi connectivity index (χ0) is 112. The molecule has 1 unspecified atom stereocenters. The largest absolute Gasteiger partial charge is 0.462 e. The van der Waals surface area contributed by atoms with Crippen molar-refractivity contribution in [3.05, 3.63) is 110 Å². The number of rotatable bonds is 30. The van der Waals surface area contributed by atoms with Crippen LogP contribution in [0.15, 0.2) is 110 Å². The van der Waals surface area contributed by atoms with Crippen LogP contribution in [-0.2, 0) is 62.3 Å². The minimum atomic E-state index is -4.65. The average molecular weight is 2010 g/mol. The molecule has 0 aromatic rings. The second-order valence-electron chi connectivity index (χ2n) is 49.4. The van der Waals surface area contributed by atoms with Crippen molar-refractivity contribution in [2.24, 2.45) is 65.0 Å². The van der Waals surface area contributed by atoms with Crippen molar-refractivity contribution in [3.8, 4) is 0 Å². The number of alkyl halides is 6. The smallest absolute Gasteiger partial charge is 0.421 e. The van der Waals surface area contributed by atoms with Crippen LogP contribution in [0.3, 0.4) is 0 Å². The Kier molecular flexibility index (Phi) is 86.9. The molecule has 0 fully saturated rings. The SMILES string of the molecule is C/C=C/C(=O)CCC(C)(C)C.C=C(C(=O)NCC(C)(C)C)C(F)(F)F.C=C(C)C(=O)NCC(C)(C)C.C=CC(=O)CCC(C)(C)C.C=CC(=O)N(C)CC(C)(C)C.C=CC(=O)OCC(C)(C)C.CC(C)=CC(=O)CC(C)(C)C.CC(C)=CC(=O)CCC(C)(C)C.CC(Cl)C(=O)NCC(C)(C)C.CN(C)C/C=C/C(=O)CCC(C)(C)C.C[C@@H](Cl)C(=O)NCC(C)(C)C.C[C@H](Cl)C(=O)NCC(C)(C)C. The molecule has 0 spiro atoms. The number of allylic oxidation sites excluding steroid dienone is 8. The van der Waals surface area contributed by atoms with Gasteiger partial charge in [-0.1, -0.05) is 305 Å². The molecule has 20 nitrogen and oxygen atoms in total. The molecule has 26 heteroatoms. The number of hydrogen-bond acceptors (Lipinski definition) is 14. The van der Waals surface area contributed by atoms with Crippen molar-refractivity contribution in [2.75, 3.05) is 73.6 Å². The first kappa shape index (κ1) is 155. The van der Waals surface area contributed by atoms with Crippen molar-refractivity contribution in [1.29, 1.82) is 0 Å². The van der Waals surface area contributed by atoms with E-state index in [1.54, 1.807) is 70.0 Å². The van der Waals surface area contributed by atoms with E-state index in [0.717, 1.165) is 49.9 Å². The second kappa shape index (κ2) is 76.6. The lowest BCUT2D eigenvalue weighted by molar-refractivity contribution is -0.140. The van der Waals surface area contributed by atoms with E-state index in [1.165, 1.54) is 18.2 Å². The Morgan fingerprint density at radius 3 is 0.876 bits per heavy atom. The second-order valence-corrected chi connectivity index (χ2v) is 51.3. The van der Waals surface area contributed by atoms with Gasteiger partial charge in [-0.3, -0.25) is 52.7 Å². The van der Waals surface area contributed by atoms with Crippen LogP contribution in [0.4, 0.5) is 13.2 Å². The maximum Gasteiger partial charge on any atom is 0.421 e. The van der Waals surface area contributed by atoms with Gasteiger partial charge in [0.15, 0.2) is 28.9 Å². The Hall–Kier alpha value is -7.08. The fourth-order valence-electron chi connectivity index (χ4n) is 7.98. The highest BCUT2D eigenvalue weighted by Crippen LogP contribution is 2.27. The van der Waals surface area contributed by atoms with E-state index in [9.17, 15) is 70.7 Å². The molecule has 3 atom stereocenters. The first-order valence-corrected chi connectivity index (χ1v) is 48.7. The fourth-order valence-corrected chi connectivity index (χ4v) is 8.21. The van der Waals surface area contributed by atoms with Crippen LogP contribution >= 0.6 is 34.8 Å². The Balaban J connectivity index is -0.000000125. The molecule has 0 aromatic carbocycles. The lowest BCUT2D eigenvalue weighted by Crippen LogP contribution is -2.36. The van der Waals surface area contributed by atoms with Crippen LogP contribution in [0.1, 0.15) is 369 Å².